The summed E-state index contributed by atoms with van der Waals surface area (Å²) in [6.45, 7) is 2.86. The maximum Gasteiger partial charge on any atom is 0.273 e. The lowest BCUT2D eigenvalue weighted by Crippen LogP contribution is -2.33. The van der Waals surface area contributed by atoms with Crippen molar-refractivity contribution in [2.24, 2.45) is 0 Å². The summed E-state index contributed by atoms with van der Waals surface area (Å²) in [5.74, 6) is -0.119. The molecule has 0 unspecified atom stereocenters. The van der Waals surface area contributed by atoms with Crippen LogP contribution in [0.1, 0.15) is 12.5 Å². The summed E-state index contributed by atoms with van der Waals surface area (Å²) in [5, 5.41) is 16.2. The van der Waals surface area contributed by atoms with Gasteiger partial charge in [0, 0.05) is 24.7 Å². The van der Waals surface area contributed by atoms with Gasteiger partial charge in [0.2, 0.25) is 5.91 Å². The van der Waals surface area contributed by atoms with Gasteiger partial charge >= 0.3 is 0 Å². The fourth-order valence-electron chi connectivity index (χ4n) is 1.41. The predicted molar refractivity (Wildman–Crippen MR) is 63.5 cm³/mol. The number of carbonyl (C=O) groups excluding carboxylic acids is 1. The molecule has 92 valence electrons. The molecule has 0 saturated carbocycles. The van der Waals surface area contributed by atoms with Gasteiger partial charge < -0.3 is 10.6 Å². The number of amides is 1. The number of likely N-dealkylation sites (N-methyl/N-ethyl adjacent to an activating group) is 1. The maximum atomic E-state index is 11.1. The van der Waals surface area contributed by atoms with Gasteiger partial charge in [-0.15, -0.1) is 0 Å². The summed E-state index contributed by atoms with van der Waals surface area (Å²) >= 11 is 0. The summed E-state index contributed by atoms with van der Waals surface area (Å²) in [6.07, 6.45) is 0. The summed E-state index contributed by atoms with van der Waals surface area (Å²) in [4.78, 5) is 21.4. The van der Waals surface area contributed by atoms with Crippen molar-refractivity contribution in [1.82, 2.24) is 10.6 Å². The molecule has 17 heavy (non-hydrogen) atoms. The van der Waals surface area contributed by atoms with Crippen LogP contribution in [0.2, 0.25) is 0 Å². The van der Waals surface area contributed by atoms with Gasteiger partial charge in [0.25, 0.3) is 5.69 Å². The summed E-state index contributed by atoms with van der Waals surface area (Å²) in [7, 11) is 0. The van der Waals surface area contributed by atoms with Crippen LogP contribution in [0.3, 0.4) is 0 Å². The SMILES string of the molecule is CCNC(=O)CNCc1ccccc1[N+](=O)[O-]. The first kappa shape index (κ1) is 13.1. The van der Waals surface area contributed by atoms with E-state index in [1.54, 1.807) is 18.2 Å². The molecule has 0 spiro atoms. The standard InChI is InChI=1S/C11H15N3O3/c1-2-13-11(15)8-12-7-9-5-3-4-6-10(9)14(16)17/h3-6,12H,2,7-8H2,1H3,(H,13,15). The van der Waals surface area contributed by atoms with Gasteiger partial charge in [-0.05, 0) is 6.92 Å². The third-order valence-electron chi connectivity index (χ3n) is 2.16. The van der Waals surface area contributed by atoms with Gasteiger partial charge in [0.15, 0.2) is 0 Å². The average Bonchev–Trinajstić information content (AvgIpc) is 2.30. The summed E-state index contributed by atoms with van der Waals surface area (Å²) in [6, 6.07) is 6.47. The van der Waals surface area contributed by atoms with Gasteiger partial charge in [0.05, 0.1) is 11.5 Å². The molecule has 0 aliphatic rings. The van der Waals surface area contributed by atoms with E-state index in [1.807, 2.05) is 6.92 Å². The van der Waals surface area contributed by atoms with Crippen molar-refractivity contribution in [3.8, 4) is 0 Å². The molecular formula is C11H15N3O3. The van der Waals surface area contributed by atoms with E-state index in [-0.39, 0.29) is 18.1 Å². The first-order chi connectivity index (χ1) is 8.15. The minimum Gasteiger partial charge on any atom is -0.355 e. The third-order valence-corrected chi connectivity index (χ3v) is 2.16. The fraction of sp³-hybridized carbons (Fsp3) is 0.364. The lowest BCUT2D eigenvalue weighted by molar-refractivity contribution is -0.385. The van der Waals surface area contributed by atoms with Gasteiger partial charge in [-0.2, -0.15) is 0 Å². The monoisotopic (exact) mass is 237 g/mol. The Hall–Kier alpha value is -1.95. The number of benzene rings is 1. The maximum absolute atomic E-state index is 11.1. The molecule has 0 aliphatic carbocycles. The van der Waals surface area contributed by atoms with Crippen molar-refractivity contribution in [1.29, 1.82) is 0 Å². The Morgan fingerprint density at radius 3 is 2.76 bits per heavy atom. The molecule has 0 heterocycles. The van der Waals surface area contributed by atoms with Gasteiger partial charge in [-0.1, -0.05) is 18.2 Å². The molecule has 0 radical (unpaired) electrons. The Bertz CT molecular complexity index is 407. The number of hydrogen-bond donors (Lipinski definition) is 2. The average molecular weight is 237 g/mol. The number of nitrogens with one attached hydrogen (secondary N) is 2. The number of carbonyl (C=O) groups is 1. The quantitative estimate of drug-likeness (QED) is 0.566. The van der Waals surface area contributed by atoms with E-state index in [4.69, 9.17) is 0 Å². The van der Waals surface area contributed by atoms with Crippen LogP contribution < -0.4 is 10.6 Å². The lowest BCUT2D eigenvalue weighted by Gasteiger charge is -2.05. The second-order valence-electron chi connectivity index (χ2n) is 3.44. The van der Waals surface area contributed by atoms with Gasteiger partial charge in [0.1, 0.15) is 0 Å². The van der Waals surface area contributed by atoms with Crippen molar-refractivity contribution in [3.63, 3.8) is 0 Å². The highest BCUT2D eigenvalue weighted by molar-refractivity contribution is 5.77. The highest BCUT2D eigenvalue weighted by Crippen LogP contribution is 2.16. The minimum atomic E-state index is -0.427. The van der Waals surface area contributed by atoms with Crippen molar-refractivity contribution in [2.75, 3.05) is 13.1 Å². The Balaban J connectivity index is 2.52. The van der Waals surface area contributed by atoms with Crippen LogP contribution in [-0.2, 0) is 11.3 Å². The molecular weight excluding hydrogens is 222 g/mol. The van der Waals surface area contributed by atoms with Crippen LogP contribution in [0, 0.1) is 10.1 Å². The predicted octanol–water partition coefficient (Wildman–Crippen LogP) is 0.820. The second kappa shape index (κ2) is 6.59. The van der Waals surface area contributed by atoms with E-state index >= 15 is 0 Å². The number of nitrogens with zero attached hydrogens (tertiary/aromatic N) is 1. The third kappa shape index (κ3) is 4.20. The first-order valence-corrected chi connectivity index (χ1v) is 5.35. The molecule has 0 atom stereocenters. The van der Waals surface area contributed by atoms with Gasteiger partial charge in [-0.3, -0.25) is 14.9 Å². The van der Waals surface area contributed by atoms with E-state index in [2.05, 4.69) is 10.6 Å². The molecule has 1 rings (SSSR count). The number of hydrogen-bond acceptors (Lipinski definition) is 4. The smallest absolute Gasteiger partial charge is 0.273 e. The van der Waals surface area contributed by atoms with E-state index in [0.717, 1.165) is 0 Å². The van der Waals surface area contributed by atoms with E-state index in [0.29, 0.717) is 18.7 Å². The highest BCUT2D eigenvalue weighted by Gasteiger charge is 2.11. The van der Waals surface area contributed by atoms with Crippen LogP contribution >= 0.6 is 0 Å². The molecule has 0 fully saturated rings. The Kier molecular flexibility index (Phi) is 5.09. The Morgan fingerprint density at radius 1 is 1.41 bits per heavy atom. The zero-order valence-corrected chi connectivity index (χ0v) is 9.60. The molecule has 2 N–H and O–H groups in total. The topological polar surface area (TPSA) is 84.3 Å². The molecule has 6 heteroatoms. The molecule has 0 aromatic heterocycles. The number of nitro groups is 1. The molecule has 1 aromatic rings. The first-order valence-electron chi connectivity index (χ1n) is 5.35. The normalized spacial score (nSPS) is 9.94. The van der Waals surface area contributed by atoms with Crippen LogP contribution in [0.4, 0.5) is 5.69 Å². The van der Waals surface area contributed by atoms with Gasteiger partial charge in [-0.25, -0.2) is 0 Å². The van der Waals surface area contributed by atoms with Crippen molar-refractivity contribution >= 4 is 11.6 Å². The van der Waals surface area contributed by atoms with Crippen LogP contribution in [-0.4, -0.2) is 23.9 Å². The number of nitro benzene ring substituents is 1. The second-order valence-corrected chi connectivity index (χ2v) is 3.44. The number of rotatable bonds is 6. The molecule has 1 aromatic carbocycles. The van der Waals surface area contributed by atoms with E-state index < -0.39 is 4.92 Å². The fourth-order valence-corrected chi connectivity index (χ4v) is 1.41. The van der Waals surface area contributed by atoms with E-state index in [9.17, 15) is 14.9 Å². The van der Waals surface area contributed by atoms with Crippen LogP contribution in [0.15, 0.2) is 24.3 Å². The molecule has 1 amide bonds. The summed E-state index contributed by atoms with van der Waals surface area (Å²) in [5.41, 5.74) is 0.637. The summed E-state index contributed by atoms with van der Waals surface area (Å²) < 4.78 is 0. The van der Waals surface area contributed by atoms with Crippen LogP contribution in [0.5, 0.6) is 0 Å². The zero-order chi connectivity index (χ0) is 12.7. The van der Waals surface area contributed by atoms with Crippen molar-refractivity contribution < 1.29 is 9.72 Å². The zero-order valence-electron chi connectivity index (χ0n) is 9.60. The Morgan fingerprint density at radius 2 is 2.12 bits per heavy atom. The molecule has 0 saturated heterocycles. The van der Waals surface area contributed by atoms with E-state index in [1.165, 1.54) is 6.07 Å². The molecule has 6 nitrogen and oxygen atoms in total. The minimum absolute atomic E-state index is 0.0656. The van der Waals surface area contributed by atoms with Crippen molar-refractivity contribution in [2.45, 2.75) is 13.5 Å². The largest absolute Gasteiger partial charge is 0.355 e. The Labute approximate surface area is 99.2 Å². The van der Waals surface area contributed by atoms with Crippen LogP contribution in [0.25, 0.3) is 0 Å². The molecule has 0 bridgehead atoms. The lowest BCUT2D eigenvalue weighted by atomic mass is 10.2. The number of para-hydroxylation sites is 1. The molecule has 0 aliphatic heterocycles. The van der Waals surface area contributed by atoms with Crippen molar-refractivity contribution in [3.05, 3.63) is 39.9 Å². The highest BCUT2D eigenvalue weighted by atomic mass is 16.6.